The number of nitrogens with zero attached hydrogens (tertiary/aromatic N) is 3. The molecule has 0 unspecified atom stereocenters. The van der Waals surface area contributed by atoms with Gasteiger partial charge in [-0.25, -0.2) is 9.97 Å². The van der Waals surface area contributed by atoms with Gasteiger partial charge in [-0.1, -0.05) is 30.3 Å². The Bertz CT molecular complexity index is 1210. The van der Waals surface area contributed by atoms with Gasteiger partial charge in [0.15, 0.2) is 11.5 Å². The summed E-state index contributed by atoms with van der Waals surface area (Å²) in [5.74, 6) is 0.613. The van der Waals surface area contributed by atoms with Gasteiger partial charge in [0.05, 0.1) is 17.1 Å². The van der Waals surface area contributed by atoms with Crippen molar-refractivity contribution in [3.63, 3.8) is 0 Å². The quantitative estimate of drug-likeness (QED) is 0.464. The van der Waals surface area contributed by atoms with Gasteiger partial charge in [-0.3, -0.25) is 9.20 Å². The second kappa shape index (κ2) is 8.35. The molecule has 1 saturated carbocycles. The topological polar surface area (TPSA) is 91.5 Å². The van der Waals surface area contributed by atoms with Crippen molar-refractivity contribution in [1.29, 1.82) is 0 Å². The first-order chi connectivity index (χ1) is 15.2. The Balaban J connectivity index is 1.41. The van der Waals surface area contributed by atoms with Crippen LogP contribution in [-0.4, -0.2) is 37.5 Å². The third-order valence-corrected chi connectivity index (χ3v) is 5.92. The summed E-state index contributed by atoms with van der Waals surface area (Å²) in [6.07, 6.45) is 6.87. The Morgan fingerprint density at radius 3 is 2.71 bits per heavy atom. The minimum Gasteiger partial charge on any atom is -0.393 e. The summed E-state index contributed by atoms with van der Waals surface area (Å²) in [6.45, 7) is 0.482. The summed E-state index contributed by atoms with van der Waals surface area (Å²) in [4.78, 5) is 22.0. The average molecular weight is 415 g/mol. The van der Waals surface area contributed by atoms with E-state index in [0.717, 1.165) is 53.7 Å². The normalized spacial score (nSPS) is 18.9. The van der Waals surface area contributed by atoms with Crippen molar-refractivity contribution in [2.75, 3.05) is 5.32 Å². The van der Waals surface area contributed by atoms with Crippen LogP contribution in [0.2, 0.25) is 0 Å². The molecule has 0 aliphatic heterocycles. The highest BCUT2D eigenvalue weighted by molar-refractivity contribution is 5.98. The van der Waals surface area contributed by atoms with Gasteiger partial charge in [0, 0.05) is 30.5 Å². The number of fused-ring (bicyclic) bond motifs is 3. The van der Waals surface area contributed by atoms with Crippen LogP contribution < -0.4 is 10.6 Å². The zero-order valence-corrected chi connectivity index (χ0v) is 17.2. The van der Waals surface area contributed by atoms with Gasteiger partial charge in [0.1, 0.15) is 0 Å². The molecule has 1 fully saturated rings. The second-order valence-electron chi connectivity index (χ2n) is 8.10. The summed E-state index contributed by atoms with van der Waals surface area (Å²) in [5, 5.41) is 16.2. The monoisotopic (exact) mass is 415 g/mol. The van der Waals surface area contributed by atoms with E-state index in [1.165, 1.54) is 0 Å². The lowest BCUT2D eigenvalue weighted by Crippen LogP contribution is -2.28. The van der Waals surface area contributed by atoms with Crippen molar-refractivity contribution in [3.05, 3.63) is 72.1 Å². The Labute approximate surface area is 180 Å². The number of carbonyl (C=O) groups excluding carboxylic acids is 1. The number of hydrogen-bond donors (Lipinski definition) is 3. The van der Waals surface area contributed by atoms with Crippen LogP contribution >= 0.6 is 0 Å². The third kappa shape index (κ3) is 4.09. The second-order valence-corrected chi connectivity index (χ2v) is 8.10. The van der Waals surface area contributed by atoms with Crippen LogP contribution in [0, 0.1) is 0 Å². The van der Waals surface area contributed by atoms with Crippen molar-refractivity contribution in [3.8, 4) is 0 Å². The Hall–Kier alpha value is -3.45. The number of amides is 1. The molecular formula is C24H25N5O2. The van der Waals surface area contributed by atoms with Gasteiger partial charge < -0.3 is 15.7 Å². The highest BCUT2D eigenvalue weighted by Gasteiger charge is 2.21. The zero-order chi connectivity index (χ0) is 21.2. The van der Waals surface area contributed by atoms with Crippen molar-refractivity contribution in [2.45, 2.75) is 44.4 Å². The molecule has 2 aromatic heterocycles. The largest absolute Gasteiger partial charge is 0.393 e. The first kappa shape index (κ1) is 19.5. The predicted octanol–water partition coefficient (Wildman–Crippen LogP) is 3.53. The summed E-state index contributed by atoms with van der Waals surface area (Å²) in [7, 11) is 0. The van der Waals surface area contributed by atoms with Crippen molar-refractivity contribution >= 4 is 28.4 Å². The summed E-state index contributed by atoms with van der Waals surface area (Å²) in [6, 6.07) is 15.7. The van der Waals surface area contributed by atoms with E-state index in [1.807, 2.05) is 53.1 Å². The molecule has 5 rings (SSSR count). The van der Waals surface area contributed by atoms with E-state index in [4.69, 9.17) is 4.98 Å². The average Bonchev–Trinajstić information content (AvgIpc) is 3.30. The molecule has 7 heteroatoms. The first-order valence-corrected chi connectivity index (χ1v) is 10.7. The van der Waals surface area contributed by atoms with E-state index in [0.29, 0.717) is 12.1 Å². The Morgan fingerprint density at radius 1 is 1.10 bits per heavy atom. The predicted molar refractivity (Wildman–Crippen MR) is 120 cm³/mol. The molecule has 2 aromatic carbocycles. The SMILES string of the molecule is O=C(NCc1ccccc1)c1ccc2nc(NC3CCC(O)CC3)c3nccn3c2c1. The highest BCUT2D eigenvalue weighted by Crippen LogP contribution is 2.26. The lowest BCUT2D eigenvalue weighted by atomic mass is 9.93. The summed E-state index contributed by atoms with van der Waals surface area (Å²) < 4.78 is 1.97. The van der Waals surface area contributed by atoms with Gasteiger partial charge in [-0.15, -0.1) is 0 Å². The molecule has 158 valence electrons. The van der Waals surface area contributed by atoms with E-state index in [1.54, 1.807) is 12.3 Å². The number of aliphatic hydroxyl groups is 1. The van der Waals surface area contributed by atoms with Crippen molar-refractivity contribution < 1.29 is 9.90 Å². The van der Waals surface area contributed by atoms with Crippen LogP contribution in [0.3, 0.4) is 0 Å². The Morgan fingerprint density at radius 2 is 1.90 bits per heavy atom. The van der Waals surface area contributed by atoms with E-state index in [-0.39, 0.29) is 18.1 Å². The lowest BCUT2D eigenvalue weighted by molar-refractivity contribution is 0.0951. The van der Waals surface area contributed by atoms with Crippen LogP contribution in [0.25, 0.3) is 16.7 Å². The molecule has 2 heterocycles. The number of aliphatic hydroxyl groups excluding tert-OH is 1. The van der Waals surface area contributed by atoms with E-state index < -0.39 is 0 Å². The standard InChI is InChI=1S/C24H25N5O2/c30-19-9-7-18(8-10-19)27-22-23-25-12-13-29(23)21-14-17(6-11-20(21)28-22)24(31)26-15-16-4-2-1-3-5-16/h1-6,11-14,18-19,30H,7-10,15H2,(H,26,31)(H,27,28). The molecule has 1 aliphatic rings. The summed E-state index contributed by atoms with van der Waals surface area (Å²) in [5.41, 5.74) is 4.01. The van der Waals surface area contributed by atoms with Gasteiger partial charge in [0.25, 0.3) is 5.91 Å². The number of carbonyl (C=O) groups is 1. The van der Waals surface area contributed by atoms with Crippen LogP contribution in [0.15, 0.2) is 60.9 Å². The van der Waals surface area contributed by atoms with Crippen molar-refractivity contribution in [2.24, 2.45) is 0 Å². The van der Waals surface area contributed by atoms with Crippen LogP contribution in [-0.2, 0) is 6.54 Å². The van der Waals surface area contributed by atoms with E-state index in [9.17, 15) is 9.90 Å². The number of imidazole rings is 1. The number of rotatable bonds is 5. The lowest BCUT2D eigenvalue weighted by Gasteiger charge is -2.26. The van der Waals surface area contributed by atoms with Gasteiger partial charge in [-0.2, -0.15) is 0 Å². The van der Waals surface area contributed by atoms with Gasteiger partial charge >= 0.3 is 0 Å². The minimum absolute atomic E-state index is 0.123. The maximum atomic E-state index is 12.7. The summed E-state index contributed by atoms with van der Waals surface area (Å²) >= 11 is 0. The third-order valence-electron chi connectivity index (χ3n) is 5.92. The number of nitrogens with one attached hydrogen (secondary N) is 2. The van der Waals surface area contributed by atoms with Crippen LogP contribution in [0.4, 0.5) is 5.82 Å². The molecule has 0 saturated heterocycles. The van der Waals surface area contributed by atoms with E-state index >= 15 is 0 Å². The Kier molecular flexibility index (Phi) is 5.26. The maximum Gasteiger partial charge on any atom is 0.251 e. The van der Waals surface area contributed by atoms with Crippen LogP contribution in [0.5, 0.6) is 0 Å². The smallest absolute Gasteiger partial charge is 0.251 e. The minimum atomic E-state index is -0.194. The molecule has 7 nitrogen and oxygen atoms in total. The number of hydrogen-bond acceptors (Lipinski definition) is 5. The molecule has 1 amide bonds. The molecule has 1 aliphatic carbocycles. The number of benzene rings is 2. The molecule has 0 spiro atoms. The zero-order valence-electron chi connectivity index (χ0n) is 17.2. The fourth-order valence-corrected chi connectivity index (χ4v) is 4.19. The molecule has 4 aromatic rings. The van der Waals surface area contributed by atoms with E-state index in [2.05, 4.69) is 15.6 Å². The van der Waals surface area contributed by atoms with Crippen molar-refractivity contribution in [1.82, 2.24) is 19.7 Å². The molecular weight excluding hydrogens is 390 g/mol. The number of aromatic nitrogens is 3. The molecule has 3 N–H and O–H groups in total. The van der Waals surface area contributed by atoms with Gasteiger partial charge in [-0.05, 0) is 49.4 Å². The highest BCUT2D eigenvalue weighted by atomic mass is 16.3. The fourth-order valence-electron chi connectivity index (χ4n) is 4.19. The fraction of sp³-hybridized carbons (Fsp3) is 0.292. The van der Waals surface area contributed by atoms with Crippen LogP contribution in [0.1, 0.15) is 41.6 Å². The molecule has 0 radical (unpaired) electrons. The molecule has 31 heavy (non-hydrogen) atoms. The number of anilines is 1. The molecule has 0 atom stereocenters. The maximum absolute atomic E-state index is 12.7. The van der Waals surface area contributed by atoms with Gasteiger partial charge in [0.2, 0.25) is 0 Å². The first-order valence-electron chi connectivity index (χ1n) is 10.7. The molecule has 0 bridgehead atoms.